The van der Waals surface area contributed by atoms with E-state index in [1.54, 1.807) is 12.1 Å². The van der Waals surface area contributed by atoms with Crippen molar-refractivity contribution in [1.29, 1.82) is 0 Å². The van der Waals surface area contributed by atoms with Crippen LogP contribution >= 0.6 is 0 Å². The second kappa shape index (κ2) is 4.83. The van der Waals surface area contributed by atoms with Crippen LogP contribution in [-0.4, -0.2) is 26.1 Å². The second-order valence-electron chi connectivity index (χ2n) is 6.65. The lowest BCUT2D eigenvalue weighted by Gasteiger charge is -2.39. The van der Waals surface area contributed by atoms with Crippen molar-refractivity contribution in [3.63, 3.8) is 0 Å². The summed E-state index contributed by atoms with van der Waals surface area (Å²) in [5, 5.41) is 3.08. The molecule has 2 atom stereocenters. The number of carbonyl (C=O) groups is 1. The van der Waals surface area contributed by atoms with Gasteiger partial charge in [0.2, 0.25) is 5.91 Å². The van der Waals surface area contributed by atoms with Gasteiger partial charge in [-0.2, -0.15) is 0 Å². The van der Waals surface area contributed by atoms with Gasteiger partial charge < -0.3 is 5.32 Å². The van der Waals surface area contributed by atoms with Crippen LogP contribution in [0, 0.1) is 5.92 Å². The van der Waals surface area contributed by atoms with E-state index in [1.807, 2.05) is 12.1 Å². The maximum Gasteiger partial charge on any atom is 0.221 e. The van der Waals surface area contributed by atoms with Crippen LogP contribution in [0.5, 0.6) is 0 Å². The van der Waals surface area contributed by atoms with Crippen molar-refractivity contribution < 1.29 is 13.2 Å². The van der Waals surface area contributed by atoms with Gasteiger partial charge in [0.25, 0.3) is 0 Å². The van der Waals surface area contributed by atoms with E-state index in [9.17, 15) is 13.2 Å². The van der Waals surface area contributed by atoms with Crippen LogP contribution in [0.2, 0.25) is 0 Å². The molecule has 0 radical (unpaired) electrons. The van der Waals surface area contributed by atoms with Crippen molar-refractivity contribution in [2.24, 2.45) is 5.92 Å². The summed E-state index contributed by atoms with van der Waals surface area (Å²) in [6.07, 6.45) is 1.81. The third-order valence-corrected chi connectivity index (χ3v) is 6.53. The first-order chi connectivity index (χ1) is 9.85. The topological polar surface area (TPSA) is 63.2 Å². The van der Waals surface area contributed by atoms with Crippen LogP contribution in [0.25, 0.3) is 0 Å². The van der Waals surface area contributed by atoms with Crippen LogP contribution in [0.1, 0.15) is 38.7 Å². The van der Waals surface area contributed by atoms with E-state index in [4.69, 9.17) is 0 Å². The Labute approximate surface area is 125 Å². The molecule has 1 spiro atoms. The summed E-state index contributed by atoms with van der Waals surface area (Å²) >= 11 is 0. The molecular weight excluding hydrogens is 286 g/mol. The SMILES string of the molecule is CC(C)CC1NC(=O)CC12CCS(=O)(=O)c1ccccc12. The fourth-order valence-corrected chi connectivity index (χ4v) is 5.55. The first kappa shape index (κ1) is 14.6. The predicted octanol–water partition coefficient (Wildman–Crippen LogP) is 2.04. The minimum Gasteiger partial charge on any atom is -0.352 e. The highest BCUT2D eigenvalue weighted by Gasteiger charge is 2.52. The Bertz CT molecular complexity index is 681. The molecular formula is C16H21NO3S. The van der Waals surface area contributed by atoms with Gasteiger partial charge in [-0.1, -0.05) is 32.0 Å². The number of nitrogens with one attached hydrogen (secondary N) is 1. The summed E-state index contributed by atoms with van der Waals surface area (Å²) in [6, 6.07) is 7.23. The largest absolute Gasteiger partial charge is 0.352 e. The lowest BCUT2D eigenvalue weighted by Crippen LogP contribution is -2.45. The average Bonchev–Trinajstić information content (AvgIpc) is 2.71. The summed E-state index contributed by atoms with van der Waals surface area (Å²) in [4.78, 5) is 12.4. The molecule has 1 aromatic rings. The molecule has 1 saturated heterocycles. The molecule has 3 rings (SSSR count). The van der Waals surface area contributed by atoms with Crippen LogP contribution in [0.4, 0.5) is 0 Å². The molecule has 5 heteroatoms. The highest BCUT2D eigenvalue weighted by molar-refractivity contribution is 7.91. The highest BCUT2D eigenvalue weighted by Crippen LogP contribution is 2.47. The highest BCUT2D eigenvalue weighted by atomic mass is 32.2. The molecule has 2 unspecified atom stereocenters. The normalized spacial score (nSPS) is 30.4. The summed E-state index contributed by atoms with van der Waals surface area (Å²) in [6.45, 7) is 4.26. The number of hydrogen-bond donors (Lipinski definition) is 1. The first-order valence-corrected chi connectivity index (χ1v) is 9.12. The fraction of sp³-hybridized carbons (Fsp3) is 0.562. The monoisotopic (exact) mass is 307 g/mol. The molecule has 0 aliphatic carbocycles. The molecule has 0 bridgehead atoms. The zero-order valence-electron chi connectivity index (χ0n) is 12.4. The number of hydrogen-bond acceptors (Lipinski definition) is 3. The van der Waals surface area contributed by atoms with Crippen molar-refractivity contribution in [1.82, 2.24) is 5.32 Å². The van der Waals surface area contributed by atoms with E-state index in [-0.39, 0.29) is 23.1 Å². The van der Waals surface area contributed by atoms with Crippen LogP contribution in [0.15, 0.2) is 29.2 Å². The van der Waals surface area contributed by atoms with E-state index in [0.29, 0.717) is 23.7 Å². The summed E-state index contributed by atoms with van der Waals surface area (Å²) in [7, 11) is -3.21. The van der Waals surface area contributed by atoms with E-state index in [2.05, 4.69) is 19.2 Å². The Morgan fingerprint density at radius 3 is 2.76 bits per heavy atom. The molecule has 114 valence electrons. The molecule has 1 fully saturated rings. The van der Waals surface area contributed by atoms with Gasteiger partial charge in [-0.05, 0) is 30.4 Å². The van der Waals surface area contributed by atoms with Gasteiger partial charge in [-0.25, -0.2) is 8.42 Å². The molecule has 1 aromatic carbocycles. The number of amides is 1. The third kappa shape index (κ3) is 2.27. The van der Waals surface area contributed by atoms with Crippen LogP contribution < -0.4 is 5.32 Å². The van der Waals surface area contributed by atoms with Crippen molar-refractivity contribution in [3.8, 4) is 0 Å². The van der Waals surface area contributed by atoms with Crippen molar-refractivity contribution in [3.05, 3.63) is 29.8 Å². The lowest BCUT2D eigenvalue weighted by atomic mass is 9.70. The van der Waals surface area contributed by atoms with Gasteiger partial charge in [-0.15, -0.1) is 0 Å². The Morgan fingerprint density at radius 2 is 2.05 bits per heavy atom. The molecule has 0 saturated carbocycles. The van der Waals surface area contributed by atoms with Gasteiger partial charge in [0, 0.05) is 17.9 Å². The van der Waals surface area contributed by atoms with Gasteiger partial charge in [0.15, 0.2) is 9.84 Å². The van der Waals surface area contributed by atoms with Crippen LogP contribution in [-0.2, 0) is 20.0 Å². The molecule has 1 amide bonds. The zero-order valence-corrected chi connectivity index (χ0v) is 13.2. The minimum absolute atomic E-state index is 0.0293. The van der Waals surface area contributed by atoms with Gasteiger partial charge >= 0.3 is 0 Å². The van der Waals surface area contributed by atoms with Crippen LogP contribution in [0.3, 0.4) is 0 Å². The minimum atomic E-state index is -3.21. The van der Waals surface area contributed by atoms with Crippen molar-refractivity contribution >= 4 is 15.7 Å². The maximum absolute atomic E-state index is 12.3. The number of sulfone groups is 1. The fourth-order valence-electron chi connectivity index (χ4n) is 3.80. The van der Waals surface area contributed by atoms with Crippen molar-refractivity contribution in [2.45, 2.75) is 49.5 Å². The van der Waals surface area contributed by atoms with E-state index >= 15 is 0 Å². The first-order valence-electron chi connectivity index (χ1n) is 7.47. The lowest BCUT2D eigenvalue weighted by molar-refractivity contribution is -0.119. The summed E-state index contributed by atoms with van der Waals surface area (Å²) in [5.41, 5.74) is 0.476. The predicted molar refractivity (Wildman–Crippen MR) is 80.8 cm³/mol. The summed E-state index contributed by atoms with van der Waals surface area (Å²) in [5.74, 6) is 0.624. The molecule has 2 aliphatic rings. The molecule has 0 aromatic heterocycles. The number of benzene rings is 1. The Hall–Kier alpha value is -1.36. The number of rotatable bonds is 2. The standard InChI is InChI=1S/C16H21NO3S/c1-11(2)9-14-16(10-15(18)17-14)7-8-21(19,20)13-6-4-3-5-12(13)16/h3-6,11,14H,7-10H2,1-2H3,(H,17,18). The summed E-state index contributed by atoms with van der Waals surface area (Å²) < 4.78 is 24.6. The van der Waals surface area contributed by atoms with Gasteiger partial charge in [0.05, 0.1) is 10.6 Å². The van der Waals surface area contributed by atoms with Crippen molar-refractivity contribution in [2.75, 3.05) is 5.75 Å². The average molecular weight is 307 g/mol. The Kier molecular flexibility index (Phi) is 3.35. The van der Waals surface area contributed by atoms with E-state index < -0.39 is 9.84 Å². The smallest absolute Gasteiger partial charge is 0.221 e. The molecule has 21 heavy (non-hydrogen) atoms. The molecule has 1 N–H and O–H groups in total. The van der Waals surface area contributed by atoms with E-state index in [0.717, 1.165) is 12.0 Å². The maximum atomic E-state index is 12.3. The molecule has 4 nitrogen and oxygen atoms in total. The number of carbonyl (C=O) groups excluding carboxylic acids is 1. The Balaban J connectivity index is 2.15. The number of fused-ring (bicyclic) bond motifs is 2. The second-order valence-corrected chi connectivity index (χ2v) is 8.73. The van der Waals surface area contributed by atoms with Gasteiger partial charge in [-0.3, -0.25) is 4.79 Å². The van der Waals surface area contributed by atoms with E-state index in [1.165, 1.54) is 0 Å². The zero-order chi connectivity index (χ0) is 15.3. The molecule has 2 heterocycles. The van der Waals surface area contributed by atoms with Gasteiger partial charge in [0.1, 0.15) is 0 Å². The quantitative estimate of drug-likeness (QED) is 0.909. The molecule has 2 aliphatic heterocycles. The third-order valence-electron chi connectivity index (χ3n) is 4.76. The Morgan fingerprint density at radius 1 is 1.33 bits per heavy atom.